The standard InChI is InChI=1S/C94H94N8O2S6/c1-9-17-49-103-73-51-71-72(52-74(73)104-50-18-10-2)88-95-87(71)96-89-75-65(11-3)81(105-53-59-37-25-19-26-38-59)83(107-55-61-41-29-21-30-42-61)67(13-5)77(75)91(98-89)100-93-79-69(15-7)85(109-57-63-45-33-23-34-46-63)86(110-58-64-47-35-24-36-48-64)70(16-8)80(79)94(102-93)101-92-78-68(14-6)84(108-56-62-43-31-22-32-44-62)82(106-54-60-39-27-20-28-40-60)66(12-4)76(78)90(97-88)99-92/h19-48,51-52H,9-18,49-50,53-58H2,1-8H3,(H2,95,96,97,98,99,100,101,102). The van der Waals surface area contributed by atoms with Crippen LogP contribution in [0.1, 0.15) is 148 Å². The van der Waals surface area contributed by atoms with Crippen LogP contribution in [0.15, 0.2) is 223 Å². The number of ether oxygens (including phenoxy) is 2. The largest absolute Gasteiger partial charge is 0.490 e. The number of aryl methyl sites for hydroxylation is 4. The first kappa shape index (κ1) is 76.6. The normalized spacial score (nSPS) is 11.8. The monoisotopic (exact) mass is 1560 g/mol. The second kappa shape index (κ2) is 36.2. The first-order valence-electron chi connectivity index (χ1n) is 39.1. The van der Waals surface area contributed by atoms with Crippen LogP contribution in [0, 0.1) is 0 Å². The minimum atomic E-state index is 0.521. The second-order valence-corrected chi connectivity index (χ2v) is 33.6. The summed E-state index contributed by atoms with van der Waals surface area (Å²) in [6, 6.07) is 69.7. The summed E-state index contributed by atoms with van der Waals surface area (Å²) in [5.74, 6) is 8.38. The van der Waals surface area contributed by atoms with E-state index in [1.165, 1.54) is 96.1 Å². The highest BCUT2D eigenvalue weighted by molar-refractivity contribution is 8.02. The van der Waals surface area contributed by atoms with Gasteiger partial charge in [-0.15, -0.1) is 70.6 Å². The Labute approximate surface area is 673 Å². The zero-order chi connectivity index (χ0) is 75.5. The van der Waals surface area contributed by atoms with Gasteiger partial charge in [-0.25, -0.2) is 29.9 Å². The first-order valence-corrected chi connectivity index (χ1v) is 45.1. The lowest BCUT2D eigenvalue weighted by Crippen LogP contribution is -2.03. The van der Waals surface area contributed by atoms with Crippen molar-refractivity contribution in [1.29, 1.82) is 0 Å². The smallest absolute Gasteiger partial charge is 0.165 e. The van der Waals surface area contributed by atoms with E-state index in [1.807, 2.05) is 70.6 Å². The van der Waals surface area contributed by atoms with E-state index in [0.29, 0.717) is 70.6 Å². The molecule has 0 radical (unpaired) electrons. The van der Waals surface area contributed by atoms with E-state index in [2.05, 4.69) is 259 Å². The maximum Gasteiger partial charge on any atom is 0.165 e. The maximum atomic E-state index is 6.82. The van der Waals surface area contributed by atoms with Crippen molar-refractivity contribution in [2.45, 2.75) is 183 Å². The molecule has 110 heavy (non-hydrogen) atoms. The van der Waals surface area contributed by atoms with Crippen LogP contribution < -0.4 is 9.47 Å². The highest BCUT2D eigenvalue weighted by atomic mass is 32.2. The Balaban J connectivity index is 1.12. The molecule has 0 unspecified atom stereocenters. The molecular formula is C94H94N8O2S6. The SMILES string of the molecule is CCCCOc1cc2c(cc1OCCCC)-c1nc-2nc2[nH]c(nc3nc(nc4[nH]c(n1)c1c(CC)c(SCc5ccccc5)c(SCc5ccccc5)c(CC)c41)-c1c(CC)c(SCc4ccccc4)c(SCc4ccccc4)c(CC)c1-3)c1c(CC)c(SCc3ccccc3)c(SCc3ccccc3)c(CC)c21. The summed E-state index contributed by atoms with van der Waals surface area (Å²) in [4.78, 5) is 51.8. The predicted octanol–water partition coefficient (Wildman–Crippen LogP) is 26.4. The van der Waals surface area contributed by atoms with Gasteiger partial charge < -0.3 is 19.4 Å². The van der Waals surface area contributed by atoms with Crippen molar-refractivity contribution in [3.8, 4) is 57.1 Å². The molecule has 3 aromatic heterocycles. The van der Waals surface area contributed by atoms with Gasteiger partial charge in [0.05, 0.1) is 13.2 Å². The van der Waals surface area contributed by atoms with Crippen LogP contribution in [0.4, 0.5) is 0 Å². The molecule has 0 amide bonds. The Morgan fingerprint density at radius 2 is 0.500 bits per heavy atom. The van der Waals surface area contributed by atoms with Gasteiger partial charge in [0, 0.05) is 108 Å². The Bertz CT molecular complexity index is 5270. The summed E-state index contributed by atoms with van der Waals surface area (Å²) in [6.07, 6.45) is 8.12. The van der Waals surface area contributed by atoms with Crippen LogP contribution in [-0.4, -0.2) is 53.1 Å². The molecule has 8 bridgehead atoms. The number of hydrogen-bond donors (Lipinski definition) is 2. The topological polar surface area (TPSA) is 127 Å². The number of nitrogens with one attached hydrogen (secondary N) is 2. The molecule has 13 aromatic rings. The van der Waals surface area contributed by atoms with Crippen molar-refractivity contribution in [1.82, 2.24) is 39.9 Å². The van der Waals surface area contributed by atoms with E-state index in [0.717, 1.165) is 143 Å². The van der Waals surface area contributed by atoms with E-state index >= 15 is 0 Å². The molecule has 2 N–H and O–H groups in total. The Hall–Kier alpha value is -8.74. The van der Waals surface area contributed by atoms with Gasteiger partial charge in [0.1, 0.15) is 22.6 Å². The number of aromatic amines is 2. The van der Waals surface area contributed by atoms with Crippen molar-refractivity contribution in [2.24, 2.45) is 0 Å². The fourth-order valence-electron chi connectivity index (χ4n) is 15.1. The highest BCUT2D eigenvalue weighted by Gasteiger charge is 2.34. The zero-order valence-corrected chi connectivity index (χ0v) is 69.1. The first-order chi connectivity index (χ1) is 54.2. The van der Waals surface area contributed by atoms with Crippen LogP contribution >= 0.6 is 70.6 Å². The molecule has 2 aliphatic heterocycles. The molecule has 10 nitrogen and oxygen atoms in total. The van der Waals surface area contributed by atoms with Gasteiger partial charge in [-0.1, -0.05) is 250 Å². The quantitative estimate of drug-likeness (QED) is 0.0307. The molecule has 0 spiro atoms. The average Bonchev–Trinajstić information content (AvgIpc) is 1.51. The van der Waals surface area contributed by atoms with Crippen LogP contribution in [0.5, 0.6) is 11.5 Å². The van der Waals surface area contributed by atoms with Crippen LogP contribution in [0.25, 0.3) is 89.7 Å². The van der Waals surface area contributed by atoms with Crippen LogP contribution in [0.2, 0.25) is 0 Å². The number of H-pyrrole nitrogens is 2. The van der Waals surface area contributed by atoms with E-state index < -0.39 is 0 Å². The van der Waals surface area contributed by atoms with E-state index in [-0.39, 0.29) is 0 Å². The second-order valence-electron chi connectivity index (χ2n) is 27.7. The van der Waals surface area contributed by atoms with Gasteiger partial charge in [-0.3, -0.25) is 0 Å². The fraction of sp³-hybridized carbons (Fsp3) is 0.277. The Morgan fingerprint density at radius 3 is 0.736 bits per heavy atom. The molecule has 16 heteroatoms. The lowest BCUT2D eigenvalue weighted by atomic mass is 9.93. The van der Waals surface area contributed by atoms with Gasteiger partial charge in [0.15, 0.2) is 34.8 Å². The maximum absolute atomic E-state index is 6.82. The lowest BCUT2D eigenvalue weighted by molar-refractivity contribution is 0.262. The van der Waals surface area contributed by atoms with Crippen LogP contribution in [0.3, 0.4) is 0 Å². The van der Waals surface area contributed by atoms with Crippen molar-refractivity contribution in [2.75, 3.05) is 13.2 Å². The van der Waals surface area contributed by atoms with Gasteiger partial charge in [-0.2, -0.15) is 0 Å². The molecule has 0 atom stereocenters. The predicted molar refractivity (Wildman–Crippen MR) is 469 cm³/mol. The van der Waals surface area contributed by atoms with E-state index in [4.69, 9.17) is 39.4 Å². The number of unbranched alkanes of at least 4 members (excludes halogenated alkanes) is 2. The molecule has 0 aliphatic carbocycles. The third-order valence-electron chi connectivity index (χ3n) is 20.5. The number of aromatic nitrogens is 8. The molecule has 0 saturated carbocycles. The van der Waals surface area contributed by atoms with Crippen molar-refractivity contribution < 1.29 is 9.47 Å². The van der Waals surface area contributed by atoms with E-state index in [9.17, 15) is 0 Å². The summed E-state index contributed by atoms with van der Waals surface area (Å²) in [7, 11) is 0. The van der Waals surface area contributed by atoms with Gasteiger partial charge in [0.2, 0.25) is 0 Å². The van der Waals surface area contributed by atoms with Gasteiger partial charge in [0.25, 0.3) is 0 Å². The summed E-state index contributed by atoms with van der Waals surface area (Å²) < 4.78 is 13.6. The van der Waals surface area contributed by atoms with Crippen molar-refractivity contribution >= 4 is 115 Å². The zero-order valence-electron chi connectivity index (χ0n) is 64.2. The number of rotatable bonds is 32. The number of hydrogen-bond acceptors (Lipinski definition) is 14. The average molecular weight is 1560 g/mol. The summed E-state index contributed by atoms with van der Waals surface area (Å²) >= 11 is 11.6. The Morgan fingerprint density at radius 1 is 0.273 bits per heavy atom. The molecular weight excluding hydrogens is 1470 g/mol. The molecule has 2 aliphatic rings. The molecule has 5 heterocycles. The minimum Gasteiger partial charge on any atom is -0.490 e. The molecule has 10 aromatic carbocycles. The minimum absolute atomic E-state index is 0.521. The van der Waals surface area contributed by atoms with Crippen molar-refractivity contribution in [3.05, 3.63) is 261 Å². The third-order valence-corrected chi connectivity index (χ3v) is 28.2. The number of fused-ring (bicyclic) bond motifs is 20. The highest BCUT2D eigenvalue weighted by Crippen LogP contribution is 2.54. The molecule has 558 valence electrons. The van der Waals surface area contributed by atoms with Gasteiger partial charge >= 0.3 is 0 Å². The lowest BCUT2D eigenvalue weighted by Gasteiger charge is -2.22. The summed E-state index contributed by atoms with van der Waals surface area (Å²) in [6.45, 7) is 19.3. The molecule has 15 rings (SSSR count). The Kier molecular flexibility index (Phi) is 25.2. The fourth-order valence-corrected chi connectivity index (χ4v) is 23.2. The van der Waals surface area contributed by atoms with Gasteiger partial charge in [-0.05, 0) is 130 Å². The number of nitrogens with zero attached hydrogens (tertiary/aromatic N) is 6. The van der Waals surface area contributed by atoms with E-state index in [1.54, 1.807) is 0 Å². The molecule has 0 saturated heterocycles. The summed E-state index contributed by atoms with van der Waals surface area (Å²) in [5.41, 5.74) is 21.3. The number of thioether (sulfide) groups is 6. The van der Waals surface area contributed by atoms with Crippen molar-refractivity contribution in [3.63, 3.8) is 0 Å². The molecule has 0 fully saturated rings. The van der Waals surface area contributed by atoms with Crippen LogP contribution in [-0.2, 0) is 73.0 Å². The number of benzene rings is 10. The third kappa shape index (κ3) is 16.2. The summed E-state index contributed by atoms with van der Waals surface area (Å²) in [5, 5.41) is 4.15.